The summed E-state index contributed by atoms with van der Waals surface area (Å²) in [5, 5.41) is 9.06. The molecule has 18 heavy (non-hydrogen) atoms. The van der Waals surface area contributed by atoms with Gasteiger partial charge in [0.1, 0.15) is 15.2 Å². The van der Waals surface area contributed by atoms with Crippen LogP contribution in [0.15, 0.2) is 16.3 Å². The fourth-order valence-electron chi connectivity index (χ4n) is 1.88. The highest BCUT2D eigenvalue weighted by Crippen LogP contribution is 2.31. The molecule has 0 spiro atoms. The number of hydrogen-bond acceptors (Lipinski definition) is 5. The van der Waals surface area contributed by atoms with Crippen molar-refractivity contribution in [3.8, 4) is 6.07 Å². The number of thioether (sulfide) groups is 1. The average Bonchev–Trinajstić information content (AvgIpc) is 2.81. The van der Waals surface area contributed by atoms with Crippen LogP contribution in [0.5, 0.6) is 0 Å². The fraction of sp³-hybridized carbons (Fsp3) is 0.545. The number of thiophene rings is 1. The van der Waals surface area contributed by atoms with Crippen LogP contribution in [0.2, 0.25) is 0 Å². The molecule has 0 saturated carbocycles. The SMILES string of the molecule is CC1SCCN(S(=O)(=O)c2ccc(C#N)s2)C1C. The van der Waals surface area contributed by atoms with Crippen molar-refractivity contribution in [2.75, 3.05) is 12.3 Å². The van der Waals surface area contributed by atoms with E-state index in [1.807, 2.05) is 19.9 Å². The lowest BCUT2D eigenvalue weighted by atomic mass is 10.2. The zero-order valence-electron chi connectivity index (χ0n) is 10.2. The van der Waals surface area contributed by atoms with Gasteiger partial charge in [0, 0.05) is 23.6 Å². The minimum absolute atomic E-state index is 0.0126. The predicted octanol–water partition coefficient (Wildman–Crippen LogP) is 2.13. The van der Waals surface area contributed by atoms with Gasteiger partial charge in [-0.3, -0.25) is 0 Å². The molecule has 2 unspecified atom stereocenters. The van der Waals surface area contributed by atoms with Gasteiger partial charge < -0.3 is 0 Å². The van der Waals surface area contributed by atoms with Crippen molar-refractivity contribution in [1.29, 1.82) is 5.26 Å². The second-order valence-corrected chi connectivity index (χ2v) is 8.85. The topological polar surface area (TPSA) is 61.2 Å². The van der Waals surface area contributed by atoms with Crippen molar-refractivity contribution < 1.29 is 8.42 Å². The molecular weight excluding hydrogens is 288 g/mol. The van der Waals surface area contributed by atoms with E-state index in [2.05, 4.69) is 0 Å². The van der Waals surface area contributed by atoms with Gasteiger partial charge in [-0.25, -0.2) is 8.42 Å². The molecule has 98 valence electrons. The maximum Gasteiger partial charge on any atom is 0.252 e. The molecule has 4 nitrogen and oxygen atoms in total. The predicted molar refractivity (Wildman–Crippen MR) is 74.3 cm³/mol. The van der Waals surface area contributed by atoms with Gasteiger partial charge in [0.25, 0.3) is 10.0 Å². The second-order valence-electron chi connectivity index (χ2n) is 4.16. The van der Waals surface area contributed by atoms with Gasteiger partial charge in [-0.1, -0.05) is 6.92 Å². The van der Waals surface area contributed by atoms with Gasteiger partial charge in [0.2, 0.25) is 0 Å². The van der Waals surface area contributed by atoms with Crippen molar-refractivity contribution in [2.45, 2.75) is 29.3 Å². The summed E-state index contributed by atoms with van der Waals surface area (Å²) in [5.41, 5.74) is 0. The number of rotatable bonds is 2. The monoisotopic (exact) mass is 302 g/mol. The quantitative estimate of drug-likeness (QED) is 0.839. The highest BCUT2D eigenvalue weighted by Gasteiger charge is 2.35. The molecule has 1 aromatic heterocycles. The summed E-state index contributed by atoms with van der Waals surface area (Å²) in [4.78, 5) is 0.431. The third kappa shape index (κ3) is 2.43. The Labute approximate surface area is 116 Å². The van der Waals surface area contributed by atoms with E-state index in [9.17, 15) is 8.42 Å². The van der Waals surface area contributed by atoms with Crippen LogP contribution in [0.1, 0.15) is 18.7 Å². The molecule has 0 radical (unpaired) electrons. The molecule has 2 heterocycles. The van der Waals surface area contributed by atoms with Gasteiger partial charge in [-0.2, -0.15) is 21.3 Å². The van der Waals surface area contributed by atoms with E-state index < -0.39 is 10.0 Å². The summed E-state index contributed by atoms with van der Waals surface area (Å²) in [7, 11) is -3.45. The lowest BCUT2D eigenvalue weighted by Gasteiger charge is -2.35. The van der Waals surface area contributed by atoms with Crippen molar-refractivity contribution >= 4 is 33.1 Å². The Balaban J connectivity index is 2.33. The molecule has 0 bridgehead atoms. The summed E-state index contributed by atoms with van der Waals surface area (Å²) >= 11 is 2.84. The number of hydrogen-bond donors (Lipinski definition) is 0. The van der Waals surface area contributed by atoms with Crippen molar-refractivity contribution in [3.05, 3.63) is 17.0 Å². The van der Waals surface area contributed by atoms with Crippen LogP contribution in [0.25, 0.3) is 0 Å². The largest absolute Gasteiger partial charge is 0.252 e. The first-order valence-corrected chi connectivity index (χ1v) is 8.90. The summed E-state index contributed by atoms with van der Waals surface area (Å²) in [6.07, 6.45) is 0. The lowest BCUT2D eigenvalue weighted by molar-refractivity contribution is 0.341. The first-order valence-electron chi connectivity index (χ1n) is 5.60. The van der Waals surface area contributed by atoms with E-state index >= 15 is 0 Å². The average molecular weight is 302 g/mol. The number of nitriles is 1. The Hall–Kier alpha value is -0.550. The van der Waals surface area contributed by atoms with E-state index in [-0.39, 0.29) is 10.3 Å². The maximum absolute atomic E-state index is 12.5. The minimum atomic E-state index is -3.45. The van der Waals surface area contributed by atoms with Gasteiger partial charge in [-0.05, 0) is 19.1 Å². The molecule has 0 aliphatic carbocycles. The van der Waals surface area contributed by atoms with Crippen LogP contribution in [-0.2, 0) is 10.0 Å². The molecule has 1 saturated heterocycles. The Bertz CT molecular complexity index is 573. The van der Waals surface area contributed by atoms with Crippen LogP contribution in [-0.4, -0.2) is 36.3 Å². The molecule has 7 heteroatoms. The molecule has 0 amide bonds. The van der Waals surface area contributed by atoms with Gasteiger partial charge in [-0.15, -0.1) is 11.3 Å². The highest BCUT2D eigenvalue weighted by atomic mass is 32.2. The second kappa shape index (κ2) is 5.21. The fourth-order valence-corrected chi connectivity index (χ4v) is 6.11. The molecule has 0 N–H and O–H groups in total. The van der Waals surface area contributed by atoms with Crippen LogP contribution in [0, 0.1) is 11.3 Å². The molecule has 1 aliphatic rings. The first-order chi connectivity index (χ1) is 8.46. The Morgan fingerprint density at radius 2 is 2.17 bits per heavy atom. The molecular formula is C11H14N2O2S3. The molecule has 1 aromatic rings. The van der Waals surface area contributed by atoms with E-state index in [0.717, 1.165) is 17.1 Å². The molecule has 0 aromatic carbocycles. The van der Waals surface area contributed by atoms with E-state index in [1.165, 1.54) is 6.07 Å². The third-order valence-corrected chi connectivity index (χ3v) is 7.86. The molecule has 1 aliphatic heterocycles. The van der Waals surface area contributed by atoms with Crippen molar-refractivity contribution in [1.82, 2.24) is 4.31 Å². The maximum atomic E-state index is 12.5. The summed E-state index contributed by atoms with van der Waals surface area (Å²) in [5.74, 6) is 0.821. The van der Waals surface area contributed by atoms with Crippen LogP contribution < -0.4 is 0 Å². The van der Waals surface area contributed by atoms with Crippen LogP contribution in [0.3, 0.4) is 0 Å². The Morgan fingerprint density at radius 1 is 1.44 bits per heavy atom. The molecule has 1 fully saturated rings. The zero-order chi connectivity index (χ0) is 13.3. The Morgan fingerprint density at radius 3 is 2.78 bits per heavy atom. The van der Waals surface area contributed by atoms with Crippen LogP contribution >= 0.6 is 23.1 Å². The summed E-state index contributed by atoms with van der Waals surface area (Å²) in [6.45, 7) is 4.53. The summed E-state index contributed by atoms with van der Waals surface area (Å²) < 4.78 is 26.8. The number of sulfonamides is 1. The molecule has 2 atom stereocenters. The lowest BCUT2D eigenvalue weighted by Crippen LogP contribution is -2.47. The van der Waals surface area contributed by atoms with Crippen molar-refractivity contribution in [3.63, 3.8) is 0 Å². The summed E-state index contributed by atoms with van der Waals surface area (Å²) in [6, 6.07) is 5.05. The van der Waals surface area contributed by atoms with Crippen molar-refractivity contribution in [2.24, 2.45) is 0 Å². The zero-order valence-corrected chi connectivity index (χ0v) is 12.6. The van der Waals surface area contributed by atoms with Gasteiger partial charge in [0.05, 0.1) is 0 Å². The Kier molecular flexibility index (Phi) is 4.02. The van der Waals surface area contributed by atoms with Crippen LogP contribution in [0.4, 0.5) is 0 Å². The highest BCUT2D eigenvalue weighted by molar-refractivity contribution is 8.00. The van der Waals surface area contributed by atoms with Gasteiger partial charge >= 0.3 is 0 Å². The molecule has 2 rings (SSSR count). The smallest absolute Gasteiger partial charge is 0.206 e. The standard InChI is InChI=1S/C11H14N2O2S3/c1-8-9(2)16-6-5-13(8)18(14,15)11-4-3-10(7-12)17-11/h3-4,8-9H,5-6H2,1-2H3. The third-order valence-electron chi connectivity index (χ3n) is 3.08. The normalized spacial score (nSPS) is 25.8. The van der Waals surface area contributed by atoms with E-state index in [0.29, 0.717) is 16.7 Å². The van der Waals surface area contributed by atoms with E-state index in [4.69, 9.17) is 5.26 Å². The number of nitrogens with zero attached hydrogens (tertiary/aromatic N) is 2. The first kappa shape index (κ1) is 13.9. The minimum Gasteiger partial charge on any atom is -0.206 e. The van der Waals surface area contributed by atoms with Gasteiger partial charge in [0.15, 0.2) is 0 Å². The van der Waals surface area contributed by atoms with E-state index in [1.54, 1.807) is 22.1 Å².